The lowest BCUT2D eigenvalue weighted by Gasteiger charge is -2.45. The summed E-state index contributed by atoms with van der Waals surface area (Å²) in [5.41, 5.74) is -0.534. The van der Waals surface area contributed by atoms with Gasteiger partial charge in [-0.3, -0.25) is 4.84 Å². The SMILES string of the molecule is CC(C)(C#N)ON(C1CCCCC1)C(c1ccccc1)C(C)(C)C#N. The highest BCUT2D eigenvalue weighted by molar-refractivity contribution is 5.24. The summed E-state index contributed by atoms with van der Waals surface area (Å²) in [6.45, 7) is 7.46. The summed E-state index contributed by atoms with van der Waals surface area (Å²) in [6, 6.07) is 14.7. The lowest BCUT2D eigenvalue weighted by molar-refractivity contribution is -0.276. The Balaban J connectivity index is 2.48. The van der Waals surface area contributed by atoms with Crippen LogP contribution in [0.15, 0.2) is 30.3 Å². The number of hydrogen-bond donors (Lipinski definition) is 0. The summed E-state index contributed by atoms with van der Waals surface area (Å²) >= 11 is 0. The molecule has 0 saturated heterocycles. The van der Waals surface area contributed by atoms with E-state index in [9.17, 15) is 10.5 Å². The molecule has 0 aliphatic heterocycles. The molecular weight excluding hydrogens is 310 g/mol. The van der Waals surface area contributed by atoms with E-state index in [4.69, 9.17) is 4.84 Å². The molecule has 4 heteroatoms. The van der Waals surface area contributed by atoms with Crippen LogP contribution in [0.3, 0.4) is 0 Å². The van der Waals surface area contributed by atoms with Crippen molar-refractivity contribution in [1.29, 1.82) is 10.5 Å². The van der Waals surface area contributed by atoms with Gasteiger partial charge in [0.05, 0.1) is 23.6 Å². The van der Waals surface area contributed by atoms with Crippen LogP contribution in [0.5, 0.6) is 0 Å². The van der Waals surface area contributed by atoms with Crippen molar-refractivity contribution in [2.75, 3.05) is 0 Å². The summed E-state index contributed by atoms with van der Waals surface area (Å²) in [7, 11) is 0. The van der Waals surface area contributed by atoms with Gasteiger partial charge in [0.15, 0.2) is 5.60 Å². The topological polar surface area (TPSA) is 60.0 Å². The molecule has 1 unspecified atom stereocenters. The van der Waals surface area contributed by atoms with E-state index in [1.54, 1.807) is 13.8 Å². The highest BCUT2D eigenvalue weighted by Crippen LogP contribution is 2.42. The van der Waals surface area contributed by atoms with Gasteiger partial charge in [0.25, 0.3) is 0 Å². The van der Waals surface area contributed by atoms with Crippen molar-refractivity contribution in [3.05, 3.63) is 35.9 Å². The third kappa shape index (κ3) is 4.82. The van der Waals surface area contributed by atoms with Crippen molar-refractivity contribution in [3.63, 3.8) is 0 Å². The molecule has 1 aliphatic carbocycles. The Labute approximate surface area is 152 Å². The highest BCUT2D eigenvalue weighted by atomic mass is 16.7. The minimum absolute atomic E-state index is 0.221. The van der Waals surface area contributed by atoms with Crippen LogP contribution in [-0.2, 0) is 4.84 Å². The van der Waals surface area contributed by atoms with Crippen LogP contribution in [0.25, 0.3) is 0 Å². The Morgan fingerprint density at radius 1 is 1.00 bits per heavy atom. The molecule has 4 nitrogen and oxygen atoms in total. The molecule has 1 aromatic carbocycles. The second kappa shape index (κ2) is 8.00. The molecule has 25 heavy (non-hydrogen) atoms. The predicted octanol–water partition coefficient (Wildman–Crippen LogP) is 5.15. The Morgan fingerprint density at radius 2 is 1.60 bits per heavy atom. The maximum absolute atomic E-state index is 9.83. The van der Waals surface area contributed by atoms with Gasteiger partial charge in [-0.2, -0.15) is 15.6 Å². The first-order valence-corrected chi connectivity index (χ1v) is 9.15. The minimum Gasteiger partial charge on any atom is -0.277 e. The fourth-order valence-corrected chi connectivity index (χ4v) is 3.54. The molecule has 1 fully saturated rings. The number of rotatable bonds is 6. The quantitative estimate of drug-likeness (QED) is 0.673. The normalized spacial score (nSPS) is 17.7. The van der Waals surface area contributed by atoms with Crippen LogP contribution in [0.2, 0.25) is 0 Å². The van der Waals surface area contributed by atoms with Crippen molar-refractivity contribution in [2.24, 2.45) is 5.41 Å². The van der Waals surface area contributed by atoms with Crippen molar-refractivity contribution < 1.29 is 4.84 Å². The van der Waals surface area contributed by atoms with Crippen LogP contribution in [0.1, 0.15) is 71.4 Å². The van der Waals surface area contributed by atoms with E-state index < -0.39 is 11.0 Å². The van der Waals surface area contributed by atoms with Crippen LogP contribution in [0.4, 0.5) is 0 Å². The van der Waals surface area contributed by atoms with Crippen molar-refractivity contribution in [2.45, 2.75) is 77.5 Å². The lowest BCUT2D eigenvalue weighted by atomic mass is 9.80. The van der Waals surface area contributed by atoms with E-state index in [1.807, 2.05) is 49.2 Å². The molecule has 0 spiro atoms. The summed E-state index contributed by atoms with van der Waals surface area (Å²) in [5, 5.41) is 21.3. The number of benzene rings is 1. The molecule has 1 aromatic rings. The third-order valence-electron chi connectivity index (χ3n) is 4.88. The molecule has 0 bridgehead atoms. The Morgan fingerprint density at radius 3 is 2.12 bits per heavy atom. The van der Waals surface area contributed by atoms with E-state index in [2.05, 4.69) is 12.1 Å². The van der Waals surface area contributed by atoms with E-state index in [1.165, 1.54) is 6.42 Å². The van der Waals surface area contributed by atoms with Gasteiger partial charge < -0.3 is 0 Å². The Kier molecular flexibility index (Phi) is 6.22. The van der Waals surface area contributed by atoms with Gasteiger partial charge >= 0.3 is 0 Å². The van der Waals surface area contributed by atoms with Gasteiger partial charge in [-0.1, -0.05) is 49.6 Å². The zero-order valence-electron chi connectivity index (χ0n) is 15.8. The molecule has 1 saturated carbocycles. The first-order chi connectivity index (χ1) is 11.8. The predicted molar refractivity (Wildman–Crippen MR) is 98.1 cm³/mol. The van der Waals surface area contributed by atoms with Crippen molar-refractivity contribution >= 4 is 0 Å². The zero-order valence-corrected chi connectivity index (χ0v) is 15.8. The molecule has 0 amide bonds. The van der Waals surface area contributed by atoms with Crippen LogP contribution in [-0.4, -0.2) is 16.7 Å². The van der Waals surface area contributed by atoms with Crippen LogP contribution in [0, 0.1) is 28.1 Å². The summed E-state index contributed by atoms with van der Waals surface area (Å²) in [4.78, 5) is 6.25. The fourth-order valence-electron chi connectivity index (χ4n) is 3.54. The Bertz CT molecular complexity index is 633. The Hall–Kier alpha value is -1.88. The summed E-state index contributed by atoms with van der Waals surface area (Å²) in [5.74, 6) is 0. The molecule has 1 aliphatic rings. The number of hydrogen-bond acceptors (Lipinski definition) is 4. The average molecular weight is 339 g/mol. The average Bonchev–Trinajstić information content (AvgIpc) is 2.62. The largest absolute Gasteiger partial charge is 0.277 e. The highest BCUT2D eigenvalue weighted by Gasteiger charge is 2.42. The zero-order chi connectivity index (χ0) is 18.5. The molecule has 134 valence electrons. The van der Waals surface area contributed by atoms with Gasteiger partial charge in [0.1, 0.15) is 0 Å². The van der Waals surface area contributed by atoms with Gasteiger partial charge in [-0.15, -0.1) is 0 Å². The van der Waals surface area contributed by atoms with Gasteiger partial charge in [-0.25, -0.2) is 0 Å². The van der Waals surface area contributed by atoms with Crippen LogP contribution >= 0.6 is 0 Å². The number of nitriles is 2. The second-order valence-electron chi connectivity index (χ2n) is 8.01. The number of nitrogens with zero attached hydrogens (tertiary/aromatic N) is 3. The van der Waals surface area contributed by atoms with E-state index in [0.29, 0.717) is 0 Å². The van der Waals surface area contributed by atoms with Gasteiger partial charge in [0, 0.05) is 6.04 Å². The minimum atomic E-state index is -0.935. The van der Waals surface area contributed by atoms with E-state index >= 15 is 0 Å². The molecular formula is C21H29N3O. The fraction of sp³-hybridized carbons (Fsp3) is 0.619. The van der Waals surface area contributed by atoms with Crippen molar-refractivity contribution in [1.82, 2.24) is 5.06 Å². The summed E-state index contributed by atoms with van der Waals surface area (Å²) < 4.78 is 0. The van der Waals surface area contributed by atoms with Gasteiger partial charge in [-0.05, 0) is 46.1 Å². The molecule has 0 N–H and O–H groups in total. The first-order valence-electron chi connectivity index (χ1n) is 9.15. The first kappa shape index (κ1) is 19.4. The lowest BCUT2D eigenvalue weighted by Crippen LogP contribution is -2.48. The second-order valence-corrected chi connectivity index (χ2v) is 8.01. The summed E-state index contributed by atoms with van der Waals surface area (Å²) in [6.07, 6.45) is 5.63. The van der Waals surface area contributed by atoms with Gasteiger partial charge in [0.2, 0.25) is 0 Å². The number of hydroxylamine groups is 2. The van der Waals surface area contributed by atoms with Crippen LogP contribution < -0.4 is 0 Å². The smallest absolute Gasteiger partial charge is 0.170 e. The molecule has 1 atom stereocenters. The molecule has 2 rings (SSSR count). The third-order valence-corrected chi connectivity index (χ3v) is 4.88. The standard InChI is InChI=1S/C21H29N3O/c1-20(2,15-22)19(17-11-7-5-8-12-17)24(25-21(3,4)16-23)18-13-9-6-10-14-18/h5,7-8,11-12,18-19H,6,9-10,13-14H2,1-4H3. The maximum Gasteiger partial charge on any atom is 0.170 e. The van der Waals surface area contributed by atoms with E-state index in [0.717, 1.165) is 31.2 Å². The molecule has 0 heterocycles. The molecule has 0 radical (unpaired) electrons. The monoisotopic (exact) mass is 339 g/mol. The van der Waals surface area contributed by atoms with Crippen molar-refractivity contribution in [3.8, 4) is 12.1 Å². The van der Waals surface area contributed by atoms with E-state index in [-0.39, 0.29) is 12.1 Å². The maximum atomic E-state index is 9.83. The molecule has 0 aromatic heterocycles.